The first-order valence-corrected chi connectivity index (χ1v) is 13.8. The summed E-state index contributed by atoms with van der Waals surface area (Å²) < 4.78 is 8.56. The third kappa shape index (κ3) is 5.42. The van der Waals surface area contributed by atoms with Crippen LogP contribution in [0.2, 0.25) is 0 Å². The van der Waals surface area contributed by atoms with Crippen LogP contribution < -0.4 is 10.1 Å². The van der Waals surface area contributed by atoms with Gasteiger partial charge in [-0.15, -0.1) is 11.3 Å². The van der Waals surface area contributed by atoms with Gasteiger partial charge in [0.25, 0.3) is 5.91 Å². The molecule has 0 aliphatic carbocycles. The van der Waals surface area contributed by atoms with Gasteiger partial charge in [-0.1, -0.05) is 49.4 Å². The van der Waals surface area contributed by atoms with Gasteiger partial charge in [-0.2, -0.15) is 0 Å². The smallest absolute Gasteiger partial charge is 0.270 e. The normalized spacial score (nSPS) is 14.2. The Labute approximate surface area is 221 Å². The molecule has 37 heavy (non-hydrogen) atoms. The van der Waals surface area contributed by atoms with E-state index in [2.05, 4.69) is 35.0 Å². The number of aromatic nitrogens is 1. The number of carbonyl (C=O) groups excluding carboxylic acids is 2. The summed E-state index contributed by atoms with van der Waals surface area (Å²) in [5, 5.41) is 3.00. The zero-order chi connectivity index (χ0) is 25.8. The first kappa shape index (κ1) is 25.1. The molecule has 1 fully saturated rings. The molecule has 1 N–H and O–H groups in total. The molecule has 7 heteroatoms. The van der Waals surface area contributed by atoms with Crippen molar-refractivity contribution in [1.82, 2.24) is 14.8 Å². The topological polar surface area (TPSA) is 63.6 Å². The number of likely N-dealkylation sites (tertiary alicyclic amines) is 1. The van der Waals surface area contributed by atoms with Gasteiger partial charge in [-0.05, 0) is 54.7 Å². The molecule has 192 valence electrons. The van der Waals surface area contributed by atoms with E-state index in [4.69, 9.17) is 4.74 Å². The number of methoxy groups -OCH3 is 1. The van der Waals surface area contributed by atoms with Crippen LogP contribution in [0.15, 0.2) is 66.7 Å². The van der Waals surface area contributed by atoms with E-state index >= 15 is 0 Å². The molecule has 0 bridgehead atoms. The maximum Gasteiger partial charge on any atom is 0.270 e. The number of amides is 2. The van der Waals surface area contributed by atoms with Gasteiger partial charge in [0, 0.05) is 37.0 Å². The van der Waals surface area contributed by atoms with Crippen molar-refractivity contribution in [1.29, 1.82) is 0 Å². The number of hydrogen-bond donors (Lipinski definition) is 1. The molecular formula is C30H33N3O3S. The fourth-order valence-corrected chi connectivity index (χ4v) is 6.05. The minimum absolute atomic E-state index is 0.0152. The lowest BCUT2D eigenvalue weighted by Crippen LogP contribution is -2.43. The number of carbonyl (C=O) groups is 2. The molecule has 2 amide bonds. The van der Waals surface area contributed by atoms with Crippen molar-refractivity contribution < 1.29 is 14.3 Å². The molecule has 1 aliphatic heterocycles. The summed E-state index contributed by atoms with van der Waals surface area (Å²) in [7, 11) is 1.66. The Bertz CT molecular complexity index is 1370. The molecule has 2 aromatic heterocycles. The van der Waals surface area contributed by atoms with E-state index in [1.165, 1.54) is 10.4 Å². The summed E-state index contributed by atoms with van der Waals surface area (Å²) in [6, 6.07) is 22.6. The van der Waals surface area contributed by atoms with Gasteiger partial charge in [0.05, 0.1) is 17.3 Å². The number of piperidine rings is 1. The predicted octanol–water partition coefficient (Wildman–Crippen LogP) is 5.81. The maximum atomic E-state index is 13.8. The average molecular weight is 516 g/mol. The zero-order valence-corrected chi connectivity index (χ0v) is 22.2. The third-order valence-corrected chi connectivity index (χ3v) is 8.19. The van der Waals surface area contributed by atoms with Crippen molar-refractivity contribution >= 4 is 33.4 Å². The van der Waals surface area contributed by atoms with Gasteiger partial charge in [-0.25, -0.2) is 0 Å². The molecule has 6 nitrogen and oxygen atoms in total. The van der Waals surface area contributed by atoms with E-state index in [0.717, 1.165) is 28.0 Å². The molecule has 0 spiro atoms. The highest BCUT2D eigenvalue weighted by Gasteiger charge is 2.29. The molecule has 1 aliphatic rings. The highest BCUT2D eigenvalue weighted by molar-refractivity contribution is 7.22. The quantitative estimate of drug-likeness (QED) is 0.322. The van der Waals surface area contributed by atoms with E-state index in [9.17, 15) is 9.59 Å². The summed E-state index contributed by atoms with van der Waals surface area (Å²) >= 11 is 1.71. The van der Waals surface area contributed by atoms with Crippen molar-refractivity contribution in [3.05, 3.63) is 78.0 Å². The lowest BCUT2D eigenvalue weighted by atomic mass is 9.95. The lowest BCUT2D eigenvalue weighted by molar-refractivity contribution is -0.126. The second kappa shape index (κ2) is 11.2. The van der Waals surface area contributed by atoms with Crippen molar-refractivity contribution in [3.63, 3.8) is 0 Å². The van der Waals surface area contributed by atoms with Gasteiger partial charge >= 0.3 is 0 Å². The van der Waals surface area contributed by atoms with Crippen LogP contribution in [-0.2, 0) is 11.3 Å². The van der Waals surface area contributed by atoms with Crippen molar-refractivity contribution in [2.24, 2.45) is 5.92 Å². The summed E-state index contributed by atoms with van der Waals surface area (Å²) in [5.41, 5.74) is 4.05. The van der Waals surface area contributed by atoms with Gasteiger partial charge in [0.1, 0.15) is 11.4 Å². The number of thiophene rings is 1. The van der Waals surface area contributed by atoms with E-state index in [0.29, 0.717) is 44.7 Å². The Kier molecular flexibility index (Phi) is 7.60. The summed E-state index contributed by atoms with van der Waals surface area (Å²) in [5.74, 6) is 0.945. The van der Waals surface area contributed by atoms with Gasteiger partial charge < -0.3 is 19.5 Å². The van der Waals surface area contributed by atoms with Gasteiger partial charge in [0.15, 0.2) is 0 Å². The first-order chi connectivity index (χ1) is 18.1. The molecule has 0 radical (unpaired) electrons. The van der Waals surface area contributed by atoms with Crippen LogP contribution in [0.4, 0.5) is 0 Å². The minimum atomic E-state index is -0.0152. The summed E-state index contributed by atoms with van der Waals surface area (Å²) in [6.45, 7) is 4.55. The SMILES string of the molecule is CCCNC(=O)C1CCN(C(=O)c2cc3sc(-c4ccccc4)cc3n2Cc2ccc(OC)cc2)CC1. The van der Waals surface area contributed by atoms with Gasteiger partial charge in [-0.3, -0.25) is 9.59 Å². The van der Waals surface area contributed by atoms with E-state index in [1.54, 1.807) is 18.4 Å². The van der Waals surface area contributed by atoms with Crippen LogP contribution >= 0.6 is 11.3 Å². The second-order valence-corrected chi connectivity index (χ2v) is 10.6. The molecule has 0 saturated carbocycles. The van der Waals surface area contributed by atoms with Crippen LogP contribution in [0.1, 0.15) is 42.2 Å². The Morgan fingerprint density at radius 1 is 1.03 bits per heavy atom. The third-order valence-electron chi connectivity index (χ3n) is 7.07. The average Bonchev–Trinajstić information content (AvgIpc) is 3.51. The zero-order valence-electron chi connectivity index (χ0n) is 21.4. The predicted molar refractivity (Wildman–Crippen MR) is 149 cm³/mol. The number of benzene rings is 2. The van der Waals surface area contributed by atoms with E-state index in [1.807, 2.05) is 53.4 Å². The minimum Gasteiger partial charge on any atom is -0.497 e. The molecule has 5 rings (SSSR count). The molecule has 1 saturated heterocycles. The fourth-order valence-electron chi connectivity index (χ4n) is 4.95. The largest absolute Gasteiger partial charge is 0.497 e. The molecule has 2 aromatic carbocycles. The fraction of sp³-hybridized carbons (Fsp3) is 0.333. The highest BCUT2D eigenvalue weighted by atomic mass is 32.1. The maximum absolute atomic E-state index is 13.8. The monoisotopic (exact) mass is 515 g/mol. The molecule has 3 heterocycles. The number of hydrogen-bond acceptors (Lipinski definition) is 4. The number of ether oxygens (including phenoxy) is 1. The van der Waals surface area contributed by atoms with Crippen molar-refractivity contribution in [2.75, 3.05) is 26.7 Å². The van der Waals surface area contributed by atoms with E-state index < -0.39 is 0 Å². The number of rotatable bonds is 8. The van der Waals surface area contributed by atoms with Gasteiger partial charge in [0.2, 0.25) is 5.91 Å². The van der Waals surface area contributed by atoms with Crippen molar-refractivity contribution in [2.45, 2.75) is 32.7 Å². The van der Waals surface area contributed by atoms with Crippen LogP contribution in [-0.4, -0.2) is 48.0 Å². The molecule has 0 unspecified atom stereocenters. The first-order valence-electron chi connectivity index (χ1n) is 13.0. The molecule has 4 aromatic rings. The van der Waals surface area contributed by atoms with Crippen LogP contribution in [0.25, 0.3) is 20.7 Å². The van der Waals surface area contributed by atoms with E-state index in [-0.39, 0.29) is 17.7 Å². The van der Waals surface area contributed by atoms with Crippen LogP contribution in [0, 0.1) is 5.92 Å². The Morgan fingerprint density at radius 2 is 1.76 bits per heavy atom. The lowest BCUT2D eigenvalue weighted by Gasteiger charge is -2.31. The Morgan fingerprint density at radius 3 is 2.43 bits per heavy atom. The van der Waals surface area contributed by atoms with Crippen molar-refractivity contribution in [3.8, 4) is 16.2 Å². The van der Waals surface area contributed by atoms with Crippen LogP contribution in [0.3, 0.4) is 0 Å². The summed E-state index contributed by atoms with van der Waals surface area (Å²) in [6.07, 6.45) is 2.33. The number of nitrogens with zero attached hydrogens (tertiary/aromatic N) is 2. The number of fused-ring (bicyclic) bond motifs is 1. The number of nitrogens with one attached hydrogen (secondary N) is 1. The Hall–Kier alpha value is -3.58. The highest BCUT2D eigenvalue weighted by Crippen LogP contribution is 2.36. The molecule has 0 atom stereocenters. The summed E-state index contributed by atoms with van der Waals surface area (Å²) in [4.78, 5) is 29.3. The van der Waals surface area contributed by atoms with Crippen LogP contribution in [0.5, 0.6) is 5.75 Å². The Balaban J connectivity index is 1.42. The standard InChI is InChI=1S/C30H33N3O3S/c1-3-15-31-29(34)23-13-16-32(17-14-23)30(35)26-19-28-25(18-27(37-28)22-7-5-4-6-8-22)33(26)20-21-9-11-24(36-2)12-10-21/h4-12,18-19,23H,3,13-17,20H2,1-2H3,(H,31,34). The second-order valence-electron chi connectivity index (χ2n) is 9.55. The molecular weight excluding hydrogens is 482 g/mol.